The summed E-state index contributed by atoms with van der Waals surface area (Å²) >= 11 is 5.76. The molecule has 5 heteroatoms. The van der Waals surface area contributed by atoms with Gasteiger partial charge in [0.2, 0.25) is 0 Å². The minimum Gasteiger partial charge on any atom is -0.465 e. The highest BCUT2D eigenvalue weighted by atomic mass is 35.5. The molecule has 72 valence electrons. The van der Waals surface area contributed by atoms with E-state index in [1.807, 2.05) is 6.92 Å². The molecule has 2 N–H and O–H groups in total. The second kappa shape index (κ2) is 4.94. The standard InChI is InChI=1S/C8H8ClNO2.ClH/c1-5-2-3-6(4-7(5)9)10-8(11)12;/h2-4,10H,1H3,(H,11,12);1H. The maximum atomic E-state index is 10.2. The first-order valence-corrected chi connectivity index (χ1v) is 3.73. The molecule has 0 unspecified atom stereocenters. The molecule has 0 saturated carbocycles. The van der Waals surface area contributed by atoms with Crippen LogP contribution < -0.4 is 5.32 Å². The van der Waals surface area contributed by atoms with E-state index in [1.165, 1.54) is 0 Å². The van der Waals surface area contributed by atoms with Crippen LogP contribution in [0.2, 0.25) is 5.02 Å². The summed E-state index contributed by atoms with van der Waals surface area (Å²) in [4.78, 5) is 10.2. The molecule has 0 aliphatic rings. The number of carbonyl (C=O) groups is 1. The van der Waals surface area contributed by atoms with E-state index >= 15 is 0 Å². The summed E-state index contributed by atoms with van der Waals surface area (Å²) in [5.74, 6) is 0. The molecule has 1 aromatic rings. The van der Waals surface area contributed by atoms with Crippen molar-refractivity contribution in [2.75, 3.05) is 5.32 Å². The van der Waals surface area contributed by atoms with Gasteiger partial charge in [-0.2, -0.15) is 0 Å². The summed E-state index contributed by atoms with van der Waals surface area (Å²) in [5.41, 5.74) is 1.41. The van der Waals surface area contributed by atoms with Crippen molar-refractivity contribution in [3.05, 3.63) is 28.8 Å². The first-order chi connectivity index (χ1) is 5.59. The Morgan fingerprint density at radius 2 is 2.15 bits per heavy atom. The average molecular weight is 222 g/mol. The topological polar surface area (TPSA) is 49.3 Å². The highest BCUT2D eigenvalue weighted by Crippen LogP contribution is 2.19. The first-order valence-electron chi connectivity index (χ1n) is 3.35. The lowest BCUT2D eigenvalue weighted by Gasteiger charge is -2.02. The fourth-order valence-electron chi connectivity index (χ4n) is 0.794. The molecular formula is C8H9Cl2NO2. The molecule has 0 bridgehead atoms. The molecule has 1 amide bonds. The number of nitrogens with one attached hydrogen (secondary N) is 1. The Kier molecular flexibility index (Phi) is 4.59. The molecule has 13 heavy (non-hydrogen) atoms. The number of amides is 1. The molecule has 1 aromatic carbocycles. The van der Waals surface area contributed by atoms with E-state index in [1.54, 1.807) is 18.2 Å². The summed E-state index contributed by atoms with van der Waals surface area (Å²) in [6.07, 6.45) is -1.09. The molecule has 0 heterocycles. The largest absolute Gasteiger partial charge is 0.465 e. The summed E-state index contributed by atoms with van der Waals surface area (Å²) in [6, 6.07) is 4.99. The van der Waals surface area contributed by atoms with Gasteiger partial charge in [-0.15, -0.1) is 12.4 Å². The predicted octanol–water partition coefficient (Wildman–Crippen LogP) is 3.16. The van der Waals surface area contributed by atoms with Gasteiger partial charge in [0, 0.05) is 10.7 Å². The molecule has 0 radical (unpaired) electrons. The van der Waals surface area contributed by atoms with Crippen LogP contribution in [0.25, 0.3) is 0 Å². The molecule has 0 spiro atoms. The molecule has 0 atom stereocenters. The molecule has 0 aliphatic carbocycles. The fraction of sp³-hybridized carbons (Fsp3) is 0.125. The maximum Gasteiger partial charge on any atom is 0.409 e. The van der Waals surface area contributed by atoms with Gasteiger partial charge in [0.15, 0.2) is 0 Å². The van der Waals surface area contributed by atoms with E-state index in [9.17, 15) is 4.79 Å². The number of halogens is 2. The lowest BCUT2D eigenvalue weighted by atomic mass is 10.2. The molecule has 0 aromatic heterocycles. The van der Waals surface area contributed by atoms with E-state index in [0.29, 0.717) is 10.7 Å². The van der Waals surface area contributed by atoms with Crippen molar-refractivity contribution in [1.82, 2.24) is 0 Å². The Morgan fingerprint density at radius 3 is 2.62 bits per heavy atom. The number of rotatable bonds is 1. The molecular weight excluding hydrogens is 213 g/mol. The van der Waals surface area contributed by atoms with Gasteiger partial charge in [-0.25, -0.2) is 4.79 Å². The van der Waals surface area contributed by atoms with Crippen molar-refractivity contribution in [2.45, 2.75) is 6.92 Å². The molecule has 0 saturated heterocycles. The minimum atomic E-state index is -1.09. The zero-order valence-electron chi connectivity index (χ0n) is 6.87. The fourth-order valence-corrected chi connectivity index (χ4v) is 0.975. The Morgan fingerprint density at radius 1 is 1.54 bits per heavy atom. The third kappa shape index (κ3) is 3.53. The monoisotopic (exact) mass is 221 g/mol. The lowest BCUT2D eigenvalue weighted by Crippen LogP contribution is -2.06. The van der Waals surface area contributed by atoms with Crippen LogP contribution in [0.3, 0.4) is 0 Å². The number of anilines is 1. The normalized spacial score (nSPS) is 8.77. The van der Waals surface area contributed by atoms with E-state index in [4.69, 9.17) is 16.7 Å². The van der Waals surface area contributed by atoms with Gasteiger partial charge in [0.05, 0.1) is 0 Å². The van der Waals surface area contributed by atoms with Crippen LogP contribution in [0.15, 0.2) is 18.2 Å². The zero-order chi connectivity index (χ0) is 9.14. The van der Waals surface area contributed by atoms with Crippen LogP contribution in [0.1, 0.15) is 5.56 Å². The van der Waals surface area contributed by atoms with Gasteiger partial charge < -0.3 is 5.11 Å². The summed E-state index contributed by atoms with van der Waals surface area (Å²) < 4.78 is 0. The van der Waals surface area contributed by atoms with Crippen molar-refractivity contribution in [1.29, 1.82) is 0 Å². The van der Waals surface area contributed by atoms with Crippen LogP contribution in [0.4, 0.5) is 10.5 Å². The van der Waals surface area contributed by atoms with E-state index in [2.05, 4.69) is 5.32 Å². The number of carboxylic acid groups (broad SMARTS) is 1. The first kappa shape index (κ1) is 12.1. The summed E-state index contributed by atoms with van der Waals surface area (Å²) in [7, 11) is 0. The van der Waals surface area contributed by atoms with Crippen LogP contribution in [-0.2, 0) is 0 Å². The molecule has 3 nitrogen and oxygen atoms in total. The maximum absolute atomic E-state index is 10.2. The van der Waals surface area contributed by atoms with Gasteiger partial charge in [-0.1, -0.05) is 17.7 Å². The third-order valence-electron chi connectivity index (χ3n) is 1.42. The van der Waals surface area contributed by atoms with Gasteiger partial charge in [0.1, 0.15) is 0 Å². The van der Waals surface area contributed by atoms with Gasteiger partial charge in [0.25, 0.3) is 0 Å². The Hall–Kier alpha value is -0.930. The summed E-state index contributed by atoms with van der Waals surface area (Å²) in [6.45, 7) is 1.85. The molecule has 0 aliphatic heterocycles. The van der Waals surface area contributed by atoms with Gasteiger partial charge in [-0.05, 0) is 24.6 Å². The van der Waals surface area contributed by atoms with Crippen LogP contribution in [0, 0.1) is 6.92 Å². The minimum absolute atomic E-state index is 0. The third-order valence-corrected chi connectivity index (χ3v) is 1.83. The quantitative estimate of drug-likeness (QED) is 0.766. The van der Waals surface area contributed by atoms with Crippen LogP contribution in [0.5, 0.6) is 0 Å². The Balaban J connectivity index is 0.00000144. The number of benzene rings is 1. The second-order valence-corrected chi connectivity index (χ2v) is 2.80. The molecule has 0 fully saturated rings. The second-order valence-electron chi connectivity index (χ2n) is 2.39. The van der Waals surface area contributed by atoms with Crippen molar-refractivity contribution < 1.29 is 9.90 Å². The van der Waals surface area contributed by atoms with Crippen molar-refractivity contribution in [3.8, 4) is 0 Å². The lowest BCUT2D eigenvalue weighted by molar-refractivity contribution is 0.210. The number of hydrogen-bond donors (Lipinski definition) is 2. The molecule has 1 rings (SSSR count). The van der Waals surface area contributed by atoms with E-state index in [-0.39, 0.29) is 12.4 Å². The summed E-state index contributed by atoms with van der Waals surface area (Å²) in [5, 5.41) is 11.1. The van der Waals surface area contributed by atoms with E-state index in [0.717, 1.165) is 5.56 Å². The van der Waals surface area contributed by atoms with Crippen molar-refractivity contribution in [2.24, 2.45) is 0 Å². The number of aryl methyl sites for hydroxylation is 1. The van der Waals surface area contributed by atoms with Gasteiger partial charge in [-0.3, -0.25) is 5.32 Å². The Labute approximate surface area is 87.1 Å². The highest BCUT2D eigenvalue weighted by molar-refractivity contribution is 6.31. The Bertz CT molecular complexity index is 315. The van der Waals surface area contributed by atoms with Crippen LogP contribution in [-0.4, -0.2) is 11.2 Å². The highest BCUT2D eigenvalue weighted by Gasteiger charge is 1.99. The van der Waals surface area contributed by atoms with Gasteiger partial charge >= 0.3 is 6.09 Å². The van der Waals surface area contributed by atoms with Crippen molar-refractivity contribution >= 4 is 35.8 Å². The predicted molar refractivity (Wildman–Crippen MR) is 55.1 cm³/mol. The number of hydrogen-bond acceptors (Lipinski definition) is 1. The SMILES string of the molecule is Cc1ccc(NC(=O)O)cc1Cl.Cl. The smallest absolute Gasteiger partial charge is 0.409 e. The van der Waals surface area contributed by atoms with Crippen LogP contribution >= 0.6 is 24.0 Å². The average Bonchev–Trinajstić information content (AvgIpc) is 1.96. The van der Waals surface area contributed by atoms with E-state index < -0.39 is 6.09 Å². The zero-order valence-corrected chi connectivity index (χ0v) is 8.45. The van der Waals surface area contributed by atoms with Crippen molar-refractivity contribution in [3.63, 3.8) is 0 Å².